The fourth-order valence-corrected chi connectivity index (χ4v) is 2.61. The van der Waals surface area contributed by atoms with E-state index in [1.165, 1.54) is 0 Å². The van der Waals surface area contributed by atoms with E-state index in [2.05, 4.69) is 0 Å². The second kappa shape index (κ2) is 7.74. The van der Waals surface area contributed by atoms with Gasteiger partial charge < -0.3 is 0 Å². The number of carbonyl (C=O) groups is 2. The molecule has 0 fully saturated rings. The molecule has 0 saturated carbocycles. The van der Waals surface area contributed by atoms with Crippen LogP contribution in [0.1, 0.15) is 43.5 Å². The van der Waals surface area contributed by atoms with E-state index >= 15 is 0 Å². The Morgan fingerprint density at radius 1 is 1.30 bits per heavy atom. The molecule has 0 heterocycles. The molecule has 0 aliphatic carbocycles. The maximum atomic E-state index is 13.6. The zero-order valence-electron chi connectivity index (χ0n) is 11.2. The summed E-state index contributed by atoms with van der Waals surface area (Å²) in [5.74, 6) is -2.12. The van der Waals surface area contributed by atoms with Crippen molar-refractivity contribution in [2.45, 2.75) is 38.0 Å². The Morgan fingerprint density at radius 3 is 2.50 bits per heavy atom. The van der Waals surface area contributed by atoms with Gasteiger partial charge in [0.2, 0.25) is 0 Å². The first-order valence-corrected chi connectivity index (χ1v) is 7.46. The standard InChI is InChI=1S/C14H15ClF2O2S/c1-3-4-5-8(2)14(19)20-12-6-9(13(15)18)10(16)7-11(12)17/h6-8H,3-5H2,1-2H3. The molecule has 1 rings (SSSR count). The summed E-state index contributed by atoms with van der Waals surface area (Å²) in [4.78, 5) is 22.8. The smallest absolute Gasteiger partial charge is 0.255 e. The Bertz CT molecular complexity index is 520. The molecule has 2 nitrogen and oxygen atoms in total. The first-order valence-electron chi connectivity index (χ1n) is 6.27. The summed E-state index contributed by atoms with van der Waals surface area (Å²) in [6.07, 6.45) is 2.59. The van der Waals surface area contributed by atoms with E-state index in [0.717, 1.165) is 18.9 Å². The maximum absolute atomic E-state index is 13.6. The van der Waals surface area contributed by atoms with Crippen LogP contribution in [-0.4, -0.2) is 10.4 Å². The molecule has 1 aromatic carbocycles. The number of hydrogen-bond acceptors (Lipinski definition) is 3. The van der Waals surface area contributed by atoms with Gasteiger partial charge in [-0.25, -0.2) is 8.78 Å². The molecule has 1 aromatic rings. The van der Waals surface area contributed by atoms with Crippen molar-refractivity contribution >= 4 is 33.7 Å². The minimum atomic E-state index is -1.03. The normalized spacial score (nSPS) is 12.2. The molecule has 1 unspecified atom stereocenters. The van der Waals surface area contributed by atoms with Crippen molar-refractivity contribution in [2.75, 3.05) is 0 Å². The Balaban J connectivity index is 2.89. The van der Waals surface area contributed by atoms with Crippen LogP contribution in [0.4, 0.5) is 8.78 Å². The summed E-state index contributed by atoms with van der Waals surface area (Å²) in [5, 5.41) is -1.23. The van der Waals surface area contributed by atoms with Crippen LogP contribution in [0, 0.1) is 17.6 Å². The summed E-state index contributed by atoms with van der Waals surface area (Å²) in [6.45, 7) is 3.78. The van der Waals surface area contributed by atoms with Crippen molar-refractivity contribution in [1.29, 1.82) is 0 Å². The van der Waals surface area contributed by atoms with Gasteiger partial charge in [0, 0.05) is 12.0 Å². The maximum Gasteiger partial charge on any atom is 0.255 e. The highest BCUT2D eigenvalue weighted by Crippen LogP contribution is 2.29. The Morgan fingerprint density at radius 2 is 1.95 bits per heavy atom. The number of carbonyl (C=O) groups excluding carboxylic acids is 2. The lowest BCUT2D eigenvalue weighted by atomic mass is 10.1. The van der Waals surface area contributed by atoms with Gasteiger partial charge in [-0.1, -0.05) is 26.7 Å². The van der Waals surface area contributed by atoms with Crippen molar-refractivity contribution in [2.24, 2.45) is 5.92 Å². The molecule has 0 aliphatic rings. The lowest BCUT2D eigenvalue weighted by molar-refractivity contribution is -0.114. The molecule has 0 N–H and O–H groups in total. The van der Waals surface area contributed by atoms with Crippen molar-refractivity contribution in [3.05, 3.63) is 29.3 Å². The summed E-state index contributed by atoms with van der Waals surface area (Å²) in [5.41, 5.74) is -0.426. The zero-order valence-corrected chi connectivity index (χ0v) is 12.8. The fourth-order valence-electron chi connectivity index (χ4n) is 1.60. The molecule has 110 valence electrons. The Kier molecular flexibility index (Phi) is 6.62. The molecule has 0 spiro atoms. The minimum Gasteiger partial charge on any atom is -0.287 e. The highest BCUT2D eigenvalue weighted by molar-refractivity contribution is 8.13. The van der Waals surface area contributed by atoms with E-state index in [4.69, 9.17) is 11.6 Å². The number of halogens is 3. The first-order chi connectivity index (χ1) is 9.36. The van der Waals surface area contributed by atoms with Crippen LogP contribution < -0.4 is 0 Å². The number of thioether (sulfide) groups is 1. The van der Waals surface area contributed by atoms with Crippen LogP contribution >= 0.6 is 23.4 Å². The van der Waals surface area contributed by atoms with Gasteiger partial charge in [-0.05, 0) is 35.9 Å². The minimum absolute atomic E-state index is 0.0799. The van der Waals surface area contributed by atoms with Gasteiger partial charge >= 0.3 is 0 Å². The van der Waals surface area contributed by atoms with Crippen molar-refractivity contribution < 1.29 is 18.4 Å². The van der Waals surface area contributed by atoms with Crippen LogP contribution in [0.3, 0.4) is 0 Å². The van der Waals surface area contributed by atoms with Gasteiger partial charge in [-0.15, -0.1) is 0 Å². The molecule has 6 heteroatoms. The third kappa shape index (κ3) is 4.56. The van der Waals surface area contributed by atoms with Crippen molar-refractivity contribution in [1.82, 2.24) is 0 Å². The van der Waals surface area contributed by atoms with E-state index < -0.39 is 22.4 Å². The summed E-state index contributed by atoms with van der Waals surface area (Å²) >= 11 is 5.88. The predicted molar refractivity (Wildman–Crippen MR) is 76.1 cm³/mol. The molecular weight excluding hydrogens is 306 g/mol. The van der Waals surface area contributed by atoms with E-state index in [0.29, 0.717) is 24.2 Å². The quantitative estimate of drug-likeness (QED) is 0.558. The molecule has 0 bridgehead atoms. The number of benzene rings is 1. The molecule has 0 aromatic heterocycles. The monoisotopic (exact) mass is 320 g/mol. The first kappa shape index (κ1) is 17.1. The van der Waals surface area contributed by atoms with Crippen LogP contribution in [-0.2, 0) is 4.79 Å². The summed E-state index contributed by atoms with van der Waals surface area (Å²) < 4.78 is 26.9. The van der Waals surface area contributed by atoms with Crippen molar-refractivity contribution in [3.8, 4) is 0 Å². The van der Waals surface area contributed by atoms with Crippen LogP contribution in [0.15, 0.2) is 17.0 Å². The van der Waals surface area contributed by atoms with Gasteiger partial charge in [0.25, 0.3) is 5.24 Å². The van der Waals surface area contributed by atoms with Crippen LogP contribution in [0.25, 0.3) is 0 Å². The van der Waals surface area contributed by atoms with Crippen LogP contribution in [0.2, 0.25) is 0 Å². The highest BCUT2D eigenvalue weighted by atomic mass is 35.5. The highest BCUT2D eigenvalue weighted by Gasteiger charge is 2.19. The summed E-state index contributed by atoms with van der Waals surface area (Å²) in [7, 11) is 0. The van der Waals surface area contributed by atoms with Gasteiger partial charge in [-0.3, -0.25) is 9.59 Å². The van der Waals surface area contributed by atoms with E-state index in [1.54, 1.807) is 6.92 Å². The van der Waals surface area contributed by atoms with Crippen LogP contribution in [0.5, 0.6) is 0 Å². The SMILES string of the molecule is CCCCC(C)C(=O)Sc1cc(C(=O)Cl)c(F)cc1F. The summed E-state index contributed by atoms with van der Waals surface area (Å²) in [6, 6.07) is 1.55. The lowest BCUT2D eigenvalue weighted by Gasteiger charge is -2.10. The van der Waals surface area contributed by atoms with Gasteiger partial charge in [0.1, 0.15) is 11.6 Å². The van der Waals surface area contributed by atoms with E-state index in [9.17, 15) is 18.4 Å². The average molecular weight is 321 g/mol. The third-order valence-corrected chi connectivity index (χ3v) is 4.18. The molecular formula is C14H15ClF2O2S. The topological polar surface area (TPSA) is 34.1 Å². The Labute approximate surface area is 125 Å². The van der Waals surface area contributed by atoms with Gasteiger partial charge in [0.05, 0.1) is 10.5 Å². The zero-order chi connectivity index (χ0) is 15.3. The third-order valence-electron chi connectivity index (χ3n) is 2.84. The second-order valence-electron chi connectivity index (χ2n) is 4.50. The molecule has 0 radical (unpaired) electrons. The Hall–Kier alpha value is -0.940. The van der Waals surface area contributed by atoms with Gasteiger partial charge in [-0.2, -0.15) is 0 Å². The average Bonchev–Trinajstić information content (AvgIpc) is 2.38. The number of hydrogen-bond donors (Lipinski definition) is 0. The molecule has 0 saturated heterocycles. The molecule has 20 heavy (non-hydrogen) atoms. The predicted octanol–water partition coefficient (Wildman–Crippen LogP) is 4.79. The fraction of sp³-hybridized carbons (Fsp3) is 0.429. The van der Waals surface area contributed by atoms with Crippen molar-refractivity contribution in [3.63, 3.8) is 0 Å². The molecule has 1 atom stereocenters. The number of unbranched alkanes of at least 4 members (excludes halogenated alkanes) is 1. The second-order valence-corrected chi connectivity index (χ2v) is 5.89. The largest absolute Gasteiger partial charge is 0.287 e. The van der Waals surface area contributed by atoms with E-state index in [-0.39, 0.29) is 15.9 Å². The molecule has 0 amide bonds. The van der Waals surface area contributed by atoms with E-state index in [1.807, 2.05) is 6.92 Å². The molecule has 0 aliphatic heterocycles. The lowest BCUT2D eigenvalue weighted by Crippen LogP contribution is -2.07. The van der Waals surface area contributed by atoms with Gasteiger partial charge in [0.15, 0.2) is 5.12 Å². The number of rotatable bonds is 6.